The number of non-ortho nitro benzene ring substituents is 1. The summed E-state index contributed by atoms with van der Waals surface area (Å²) in [6, 6.07) is 17.5. The van der Waals surface area contributed by atoms with Crippen molar-refractivity contribution < 1.29 is 14.1 Å². The van der Waals surface area contributed by atoms with E-state index in [0.29, 0.717) is 59.4 Å². The number of nitrogens with zero attached hydrogens (tertiary/aromatic N) is 7. The van der Waals surface area contributed by atoms with Crippen LogP contribution in [-0.4, -0.2) is 61.7 Å². The van der Waals surface area contributed by atoms with Crippen LogP contribution in [0.3, 0.4) is 0 Å². The number of hydrogen-bond acceptors (Lipinski definition) is 10. The predicted molar refractivity (Wildman–Crippen MR) is 157 cm³/mol. The van der Waals surface area contributed by atoms with Crippen molar-refractivity contribution in [2.24, 2.45) is 0 Å². The van der Waals surface area contributed by atoms with Crippen molar-refractivity contribution in [2.45, 2.75) is 10.9 Å². The van der Waals surface area contributed by atoms with Crippen LogP contribution < -0.4 is 4.90 Å². The number of carbonyl (C=O) groups is 1. The molecule has 41 heavy (non-hydrogen) atoms. The monoisotopic (exact) mass is 607 g/mol. The number of benzene rings is 2. The van der Waals surface area contributed by atoms with Crippen LogP contribution in [0.4, 0.5) is 11.4 Å². The maximum Gasteiger partial charge on any atom is 0.273 e. The smallest absolute Gasteiger partial charge is 0.273 e. The maximum absolute atomic E-state index is 13.2. The highest BCUT2D eigenvalue weighted by Crippen LogP contribution is 2.31. The van der Waals surface area contributed by atoms with Gasteiger partial charge in [-0.25, -0.2) is 4.98 Å². The van der Waals surface area contributed by atoms with Crippen LogP contribution in [0.15, 0.2) is 81.9 Å². The number of anilines is 1. The van der Waals surface area contributed by atoms with Crippen LogP contribution in [0.25, 0.3) is 17.3 Å². The molecule has 0 radical (unpaired) electrons. The van der Waals surface area contributed by atoms with Gasteiger partial charge in [-0.05, 0) is 48.5 Å². The van der Waals surface area contributed by atoms with Gasteiger partial charge < -0.3 is 14.2 Å². The zero-order valence-corrected chi connectivity index (χ0v) is 23.8. The summed E-state index contributed by atoms with van der Waals surface area (Å²) in [5, 5.41) is 23.5. The fourth-order valence-electron chi connectivity index (χ4n) is 4.47. The molecule has 0 aliphatic carbocycles. The highest BCUT2D eigenvalue weighted by atomic mass is 35.5. The third-order valence-corrected chi connectivity index (χ3v) is 8.77. The van der Waals surface area contributed by atoms with Crippen LogP contribution in [0.5, 0.6) is 0 Å². The van der Waals surface area contributed by atoms with E-state index in [1.807, 2.05) is 34.9 Å². The summed E-state index contributed by atoms with van der Waals surface area (Å²) in [5.74, 6) is 1.57. The topological polar surface area (TPSA) is 123 Å². The zero-order chi connectivity index (χ0) is 28.3. The number of nitro benzene ring substituents is 1. The maximum atomic E-state index is 13.2. The largest absolute Gasteiger partial charge is 0.461 e. The van der Waals surface area contributed by atoms with Gasteiger partial charge in [0, 0.05) is 60.1 Å². The summed E-state index contributed by atoms with van der Waals surface area (Å²) >= 11 is 9.00. The summed E-state index contributed by atoms with van der Waals surface area (Å²) in [4.78, 5) is 32.2. The Morgan fingerprint density at radius 2 is 1.76 bits per heavy atom. The molecule has 0 bridgehead atoms. The second-order valence-electron chi connectivity index (χ2n) is 9.06. The minimum absolute atomic E-state index is 0.0586. The molecule has 1 fully saturated rings. The number of thioether (sulfide) groups is 1. The minimum Gasteiger partial charge on any atom is -0.461 e. The Labute approximate surface area is 247 Å². The van der Waals surface area contributed by atoms with Crippen molar-refractivity contribution >= 4 is 52.0 Å². The van der Waals surface area contributed by atoms with Crippen molar-refractivity contribution in [2.75, 3.05) is 31.1 Å². The van der Waals surface area contributed by atoms with Gasteiger partial charge in [-0.1, -0.05) is 23.4 Å². The second-order valence-corrected chi connectivity index (χ2v) is 11.4. The van der Waals surface area contributed by atoms with Crippen molar-refractivity contribution in [3.8, 4) is 17.3 Å². The lowest BCUT2D eigenvalue weighted by Gasteiger charge is -2.35. The number of aromatic nitrogens is 4. The number of carbonyl (C=O) groups excluding carboxylic acids is 1. The summed E-state index contributed by atoms with van der Waals surface area (Å²) in [5.41, 5.74) is 2.22. The highest BCUT2D eigenvalue weighted by Gasteiger charge is 2.25. The molecule has 1 saturated heterocycles. The lowest BCUT2D eigenvalue weighted by Crippen LogP contribution is -2.48. The van der Waals surface area contributed by atoms with Gasteiger partial charge in [0.15, 0.2) is 10.9 Å². The number of thiazole rings is 1. The molecule has 4 heterocycles. The summed E-state index contributed by atoms with van der Waals surface area (Å²) in [6.45, 7) is 2.35. The Kier molecular flexibility index (Phi) is 7.72. The molecule has 3 aromatic heterocycles. The van der Waals surface area contributed by atoms with Crippen molar-refractivity contribution in [1.82, 2.24) is 24.6 Å². The molecule has 6 rings (SSSR count). The number of rotatable bonds is 8. The molecule has 1 amide bonds. The SMILES string of the molecule is O=C(c1csc(CSc2nnc(-c3ccco3)n2-c2ccc(Cl)cc2)n1)N1CCN(c2ccc([N+](=O)[O-])cc2)CC1. The molecule has 11 nitrogen and oxygen atoms in total. The molecule has 5 aromatic rings. The van der Waals surface area contributed by atoms with E-state index in [4.69, 9.17) is 16.0 Å². The molecule has 0 spiro atoms. The van der Waals surface area contributed by atoms with E-state index in [2.05, 4.69) is 20.1 Å². The number of halogens is 1. The van der Waals surface area contributed by atoms with Crippen LogP contribution >= 0.6 is 34.7 Å². The Morgan fingerprint density at radius 1 is 1.02 bits per heavy atom. The Balaban J connectivity index is 1.10. The molecule has 0 saturated carbocycles. The van der Waals surface area contributed by atoms with Gasteiger partial charge >= 0.3 is 0 Å². The van der Waals surface area contributed by atoms with E-state index in [-0.39, 0.29) is 11.6 Å². The van der Waals surface area contributed by atoms with E-state index in [0.717, 1.165) is 16.4 Å². The Hall–Kier alpha value is -4.20. The Morgan fingerprint density at radius 3 is 2.44 bits per heavy atom. The molecule has 208 valence electrons. The van der Waals surface area contributed by atoms with Gasteiger partial charge in [0.25, 0.3) is 11.6 Å². The fraction of sp³-hybridized carbons (Fsp3) is 0.185. The summed E-state index contributed by atoms with van der Waals surface area (Å²) < 4.78 is 7.48. The van der Waals surface area contributed by atoms with Crippen LogP contribution in [0.1, 0.15) is 15.5 Å². The first-order valence-electron chi connectivity index (χ1n) is 12.6. The molecule has 0 N–H and O–H groups in total. The normalized spacial score (nSPS) is 13.5. The van der Waals surface area contributed by atoms with E-state index in [9.17, 15) is 14.9 Å². The summed E-state index contributed by atoms with van der Waals surface area (Å²) in [7, 11) is 0. The first-order valence-corrected chi connectivity index (χ1v) is 14.8. The van der Waals surface area contributed by atoms with E-state index >= 15 is 0 Å². The average Bonchev–Trinajstić information content (AvgIpc) is 3.78. The van der Waals surface area contributed by atoms with Gasteiger partial charge in [0.2, 0.25) is 5.82 Å². The van der Waals surface area contributed by atoms with Crippen molar-refractivity contribution in [3.05, 3.63) is 98.1 Å². The number of amides is 1. The third-order valence-electron chi connectivity index (χ3n) is 6.55. The molecule has 1 aliphatic rings. The second kappa shape index (κ2) is 11.7. The predicted octanol–water partition coefficient (Wildman–Crippen LogP) is 5.80. The molecule has 14 heteroatoms. The number of nitro groups is 1. The van der Waals surface area contributed by atoms with Crippen LogP contribution in [0, 0.1) is 10.1 Å². The molecule has 0 unspecified atom stereocenters. The zero-order valence-electron chi connectivity index (χ0n) is 21.4. The Bertz CT molecular complexity index is 1660. The average molecular weight is 608 g/mol. The quantitative estimate of drug-likeness (QED) is 0.122. The van der Waals surface area contributed by atoms with E-state index in [1.165, 1.54) is 35.2 Å². The van der Waals surface area contributed by atoms with Crippen molar-refractivity contribution in [3.63, 3.8) is 0 Å². The fourth-order valence-corrected chi connectivity index (χ4v) is 6.33. The minimum atomic E-state index is -0.413. The molecule has 0 atom stereocenters. The third kappa shape index (κ3) is 5.82. The first-order chi connectivity index (χ1) is 20.0. The molecular weight excluding hydrogens is 586 g/mol. The van der Waals surface area contributed by atoms with E-state index < -0.39 is 4.92 Å². The van der Waals surface area contributed by atoms with Crippen LogP contribution in [0.2, 0.25) is 5.02 Å². The number of piperazine rings is 1. The number of hydrogen-bond donors (Lipinski definition) is 0. The first kappa shape index (κ1) is 27.0. The van der Waals surface area contributed by atoms with Gasteiger partial charge in [0.05, 0.1) is 16.9 Å². The summed E-state index contributed by atoms with van der Waals surface area (Å²) in [6.07, 6.45) is 1.59. The van der Waals surface area contributed by atoms with Crippen LogP contribution in [-0.2, 0) is 5.75 Å². The van der Waals surface area contributed by atoms with Gasteiger partial charge in [-0.2, -0.15) is 0 Å². The van der Waals surface area contributed by atoms with Gasteiger partial charge in [0.1, 0.15) is 10.7 Å². The number of furan rings is 1. The lowest BCUT2D eigenvalue weighted by molar-refractivity contribution is -0.384. The standard InChI is InChI=1S/C27H22ClN7O4S2/c28-18-3-5-20(6-4-18)34-25(23-2-1-15-39-23)30-31-27(34)41-17-24-29-22(16-40-24)26(36)33-13-11-32(12-14-33)19-7-9-21(10-8-19)35(37)38/h1-10,15-16H,11-14,17H2. The van der Waals surface area contributed by atoms with E-state index in [1.54, 1.807) is 34.7 Å². The molecular formula is C27H22ClN7O4S2. The van der Waals surface area contributed by atoms with Crippen molar-refractivity contribution in [1.29, 1.82) is 0 Å². The highest BCUT2D eigenvalue weighted by molar-refractivity contribution is 7.98. The van der Waals surface area contributed by atoms with Gasteiger partial charge in [-0.15, -0.1) is 21.5 Å². The molecule has 1 aliphatic heterocycles. The molecule has 2 aromatic carbocycles. The van der Waals surface area contributed by atoms with Gasteiger partial charge in [-0.3, -0.25) is 19.5 Å². The lowest BCUT2D eigenvalue weighted by atomic mass is 10.2.